The second kappa shape index (κ2) is 5.73. The van der Waals surface area contributed by atoms with E-state index in [4.69, 9.17) is 4.74 Å². The number of Topliss-reactive ketones (excluding diaryl/α,β-unsaturated/α-hetero) is 1. The summed E-state index contributed by atoms with van der Waals surface area (Å²) in [6, 6.07) is 9.68. The van der Waals surface area contributed by atoms with Crippen LogP contribution in [0.5, 0.6) is 0 Å². The molecule has 0 saturated carbocycles. The van der Waals surface area contributed by atoms with Crippen molar-refractivity contribution in [2.75, 3.05) is 11.6 Å². The van der Waals surface area contributed by atoms with Crippen molar-refractivity contribution < 1.29 is 18.3 Å². The lowest BCUT2D eigenvalue weighted by Gasteiger charge is -2.15. The van der Waals surface area contributed by atoms with Crippen LogP contribution in [0.15, 0.2) is 58.8 Å². The van der Waals surface area contributed by atoms with Crippen molar-refractivity contribution in [2.45, 2.75) is 5.60 Å². The molecular formula is C18H11F2N3O2. The molecule has 0 amide bonds. The third kappa shape index (κ3) is 2.65. The van der Waals surface area contributed by atoms with Crippen LogP contribution in [0, 0.1) is 11.6 Å². The number of benzene rings is 2. The average Bonchev–Trinajstić information content (AvgIpc) is 3.44. The van der Waals surface area contributed by atoms with E-state index in [1.165, 1.54) is 23.6 Å². The van der Waals surface area contributed by atoms with E-state index >= 15 is 0 Å². The van der Waals surface area contributed by atoms with Crippen LogP contribution < -0.4 is 5.01 Å². The lowest BCUT2D eigenvalue weighted by atomic mass is 9.90. The lowest BCUT2D eigenvalue weighted by Crippen LogP contribution is -2.24. The standard InChI is InChI=1S/C18H11F2N3O2/c19-13-3-6-15(16(20)9-13)18(10-25-18)17(24)12-1-4-14(5-2-12)23-11-21-7-8-22-23/h1-7,9,11H,10H2. The number of rotatable bonds is 4. The summed E-state index contributed by atoms with van der Waals surface area (Å²) in [5.41, 5.74) is -0.286. The van der Waals surface area contributed by atoms with E-state index in [2.05, 4.69) is 16.0 Å². The molecule has 7 heteroatoms. The monoisotopic (exact) mass is 339 g/mol. The highest BCUT2D eigenvalue weighted by Gasteiger charge is 2.55. The van der Waals surface area contributed by atoms with Crippen molar-refractivity contribution in [2.24, 2.45) is 10.1 Å². The Morgan fingerprint density at radius 3 is 2.56 bits per heavy atom. The fourth-order valence-electron chi connectivity index (χ4n) is 2.66. The summed E-state index contributed by atoms with van der Waals surface area (Å²) >= 11 is 0. The molecule has 0 spiro atoms. The minimum atomic E-state index is -1.38. The van der Waals surface area contributed by atoms with Gasteiger partial charge in [-0.25, -0.2) is 18.8 Å². The first-order valence-electron chi connectivity index (χ1n) is 7.45. The van der Waals surface area contributed by atoms with Gasteiger partial charge in [0.25, 0.3) is 0 Å². The van der Waals surface area contributed by atoms with Gasteiger partial charge in [-0.2, -0.15) is 0 Å². The van der Waals surface area contributed by atoms with Gasteiger partial charge in [0.05, 0.1) is 18.5 Å². The smallest absolute Gasteiger partial charge is 0.201 e. The Bertz CT molecular complexity index is 943. The van der Waals surface area contributed by atoms with Gasteiger partial charge >= 0.3 is 0 Å². The molecule has 2 heterocycles. The molecular weight excluding hydrogens is 328 g/mol. The SMILES string of the molecule is O=C(c1ccc(N2C=NC=C=N2)cc1)C1(c2ccc(F)cc2F)CO1. The largest absolute Gasteiger partial charge is 0.356 e. The summed E-state index contributed by atoms with van der Waals surface area (Å²) < 4.78 is 32.4. The van der Waals surface area contributed by atoms with Gasteiger partial charge in [-0.15, -0.1) is 5.10 Å². The molecule has 4 rings (SSSR count). The number of hydrogen-bond donors (Lipinski definition) is 0. The molecule has 25 heavy (non-hydrogen) atoms. The Morgan fingerprint density at radius 2 is 1.96 bits per heavy atom. The summed E-state index contributed by atoms with van der Waals surface area (Å²) in [6.07, 6.45) is 2.94. The number of halogens is 2. The maximum absolute atomic E-state index is 14.1. The molecule has 2 aliphatic heterocycles. The van der Waals surface area contributed by atoms with Crippen molar-refractivity contribution >= 4 is 23.7 Å². The highest BCUT2D eigenvalue weighted by molar-refractivity contribution is 6.05. The minimum absolute atomic E-state index is 0.0425. The second-order valence-corrected chi connectivity index (χ2v) is 5.58. The molecule has 0 bridgehead atoms. The van der Waals surface area contributed by atoms with Gasteiger partial charge in [0, 0.05) is 23.1 Å². The number of anilines is 1. The first kappa shape index (κ1) is 15.4. The first-order chi connectivity index (χ1) is 12.1. The number of hydrazone groups is 1. The number of aliphatic imine (C=N–C) groups is 1. The quantitative estimate of drug-likeness (QED) is 0.635. The van der Waals surface area contributed by atoms with E-state index < -0.39 is 17.2 Å². The molecule has 2 aromatic carbocycles. The van der Waals surface area contributed by atoms with Gasteiger partial charge in [0.1, 0.15) is 18.0 Å². The third-order valence-electron chi connectivity index (χ3n) is 4.03. The molecule has 2 aromatic rings. The minimum Gasteiger partial charge on any atom is -0.356 e. The zero-order valence-corrected chi connectivity index (χ0v) is 12.8. The summed E-state index contributed by atoms with van der Waals surface area (Å²) in [7, 11) is 0. The Hall–Kier alpha value is -3.15. The van der Waals surface area contributed by atoms with Crippen molar-refractivity contribution in [3.8, 4) is 0 Å². The fourth-order valence-corrected chi connectivity index (χ4v) is 2.66. The Kier molecular flexibility index (Phi) is 3.53. The average molecular weight is 339 g/mol. The topological polar surface area (TPSA) is 57.6 Å². The number of nitrogens with zero attached hydrogens (tertiary/aromatic N) is 3. The van der Waals surface area contributed by atoms with Crippen LogP contribution in [0.2, 0.25) is 0 Å². The van der Waals surface area contributed by atoms with Gasteiger partial charge in [-0.3, -0.25) is 4.79 Å². The van der Waals surface area contributed by atoms with Crippen LogP contribution in [0.25, 0.3) is 0 Å². The molecule has 0 aliphatic carbocycles. The van der Waals surface area contributed by atoms with Crippen LogP contribution in [0.4, 0.5) is 14.5 Å². The predicted molar refractivity (Wildman–Crippen MR) is 87.7 cm³/mol. The predicted octanol–water partition coefficient (Wildman–Crippen LogP) is 3.02. The molecule has 1 fully saturated rings. The number of ketones is 1. The maximum atomic E-state index is 14.1. The molecule has 5 nitrogen and oxygen atoms in total. The summed E-state index contributed by atoms with van der Waals surface area (Å²) in [4.78, 5) is 16.7. The van der Waals surface area contributed by atoms with Crippen molar-refractivity contribution in [3.05, 3.63) is 71.4 Å². The molecule has 124 valence electrons. The van der Waals surface area contributed by atoms with E-state index in [0.717, 1.165) is 12.1 Å². The van der Waals surface area contributed by atoms with Gasteiger partial charge in [0.15, 0.2) is 5.60 Å². The first-order valence-corrected chi connectivity index (χ1v) is 7.45. The highest BCUT2D eigenvalue weighted by atomic mass is 19.1. The number of carbonyl (C=O) groups excluding carboxylic acids is 1. The van der Waals surface area contributed by atoms with Crippen LogP contribution in [-0.2, 0) is 10.3 Å². The van der Waals surface area contributed by atoms with Crippen LogP contribution in [0.3, 0.4) is 0 Å². The second-order valence-electron chi connectivity index (χ2n) is 5.58. The maximum Gasteiger partial charge on any atom is 0.201 e. The van der Waals surface area contributed by atoms with Crippen molar-refractivity contribution in [1.82, 2.24) is 0 Å². The summed E-state index contributed by atoms with van der Waals surface area (Å²) in [6.45, 7) is 0.0595. The van der Waals surface area contributed by atoms with Crippen molar-refractivity contribution in [3.63, 3.8) is 0 Å². The molecule has 0 aromatic heterocycles. The molecule has 0 radical (unpaired) electrons. The Labute approximate surface area is 141 Å². The Balaban J connectivity index is 1.62. The summed E-state index contributed by atoms with van der Waals surface area (Å²) in [5.74, 6) is 0.731. The number of hydrogen-bond acceptors (Lipinski definition) is 5. The zero-order chi connectivity index (χ0) is 17.4. The van der Waals surface area contributed by atoms with E-state index in [1.54, 1.807) is 24.3 Å². The number of carbonyl (C=O) groups is 1. The highest BCUT2D eigenvalue weighted by Crippen LogP contribution is 2.43. The molecule has 1 unspecified atom stereocenters. The van der Waals surface area contributed by atoms with Crippen LogP contribution >= 0.6 is 0 Å². The molecule has 2 aliphatic rings. The third-order valence-corrected chi connectivity index (χ3v) is 4.03. The molecule has 1 saturated heterocycles. The molecule has 1 atom stereocenters. The zero-order valence-electron chi connectivity index (χ0n) is 12.8. The van der Waals surface area contributed by atoms with E-state index in [1.807, 2.05) is 0 Å². The molecule has 0 N–H and O–H groups in total. The fraction of sp³-hybridized carbons (Fsp3) is 0.111. The van der Waals surface area contributed by atoms with Crippen LogP contribution in [-0.4, -0.2) is 24.6 Å². The number of epoxide rings is 1. The lowest BCUT2D eigenvalue weighted by molar-refractivity contribution is 0.0867. The van der Waals surface area contributed by atoms with E-state index in [-0.39, 0.29) is 18.0 Å². The van der Waals surface area contributed by atoms with Crippen molar-refractivity contribution in [1.29, 1.82) is 0 Å². The Morgan fingerprint density at radius 1 is 1.20 bits per heavy atom. The normalized spacial score (nSPS) is 20.8. The number of ether oxygens (including phenoxy) is 1. The van der Waals surface area contributed by atoms with Gasteiger partial charge in [-0.1, -0.05) is 0 Å². The van der Waals surface area contributed by atoms with E-state index in [9.17, 15) is 13.6 Å². The van der Waals surface area contributed by atoms with Gasteiger partial charge in [0.2, 0.25) is 5.78 Å². The summed E-state index contributed by atoms with van der Waals surface area (Å²) in [5, 5.41) is 5.48. The van der Waals surface area contributed by atoms with E-state index in [0.29, 0.717) is 11.3 Å². The van der Waals surface area contributed by atoms with Crippen LogP contribution in [0.1, 0.15) is 15.9 Å². The van der Waals surface area contributed by atoms with Gasteiger partial charge in [-0.05, 0) is 36.4 Å². The van der Waals surface area contributed by atoms with Gasteiger partial charge < -0.3 is 4.74 Å².